The molecule has 3 aromatic rings. The number of aromatic nitrogens is 6. The number of carbonyl (C=O) groups is 1. The van der Waals surface area contributed by atoms with E-state index in [-0.39, 0.29) is 5.91 Å². The average Bonchev–Trinajstić information content (AvgIpc) is 3.38. The van der Waals surface area contributed by atoms with E-state index < -0.39 is 0 Å². The fraction of sp³-hybridized carbons (Fsp3) is 0.474. The Kier molecular flexibility index (Phi) is 5.50. The molecule has 4 rings (SSSR count). The van der Waals surface area contributed by atoms with Crippen molar-refractivity contribution in [2.75, 3.05) is 31.1 Å². The molecule has 0 N–H and O–H groups in total. The first-order valence-corrected chi connectivity index (χ1v) is 9.81. The first kappa shape index (κ1) is 19.0. The minimum absolute atomic E-state index is 0.0906. The van der Waals surface area contributed by atoms with E-state index in [0.717, 1.165) is 31.0 Å². The van der Waals surface area contributed by atoms with Crippen LogP contribution in [0.15, 0.2) is 28.9 Å². The molecule has 4 heterocycles. The van der Waals surface area contributed by atoms with Crippen LogP contribution in [0.5, 0.6) is 0 Å². The third-order valence-corrected chi connectivity index (χ3v) is 4.91. The number of hydrogen-bond donors (Lipinski definition) is 0. The van der Waals surface area contributed by atoms with Gasteiger partial charge in [-0.15, -0.1) is 10.2 Å². The van der Waals surface area contributed by atoms with Crippen LogP contribution in [0.4, 0.5) is 5.95 Å². The van der Waals surface area contributed by atoms with E-state index in [2.05, 4.69) is 30.2 Å². The molecular formula is C19H24N8O2. The van der Waals surface area contributed by atoms with E-state index in [0.29, 0.717) is 43.7 Å². The third-order valence-electron chi connectivity index (χ3n) is 4.91. The molecule has 0 spiro atoms. The summed E-state index contributed by atoms with van der Waals surface area (Å²) < 4.78 is 7.59. The first-order chi connectivity index (χ1) is 14.1. The zero-order valence-electron chi connectivity index (χ0n) is 16.7. The predicted molar refractivity (Wildman–Crippen MR) is 105 cm³/mol. The third kappa shape index (κ3) is 4.25. The molecule has 0 unspecified atom stereocenters. The van der Waals surface area contributed by atoms with Crippen molar-refractivity contribution >= 4 is 11.9 Å². The van der Waals surface area contributed by atoms with Gasteiger partial charge in [0.2, 0.25) is 17.7 Å². The lowest BCUT2D eigenvalue weighted by Crippen LogP contribution is -2.49. The average molecular weight is 396 g/mol. The van der Waals surface area contributed by atoms with Gasteiger partial charge in [0.05, 0.1) is 5.69 Å². The van der Waals surface area contributed by atoms with Crippen LogP contribution in [0, 0.1) is 6.92 Å². The first-order valence-electron chi connectivity index (χ1n) is 9.81. The van der Waals surface area contributed by atoms with Crippen LogP contribution in [-0.2, 0) is 17.8 Å². The Bertz CT molecular complexity index is 960. The topological polar surface area (TPSA) is 106 Å². The molecule has 152 valence electrons. The minimum Gasteiger partial charge on any atom is -0.419 e. The van der Waals surface area contributed by atoms with Crippen LogP contribution in [0.1, 0.15) is 24.9 Å². The van der Waals surface area contributed by atoms with Crippen LogP contribution in [0.3, 0.4) is 0 Å². The molecular weight excluding hydrogens is 372 g/mol. The smallest absolute Gasteiger partial charge is 0.265 e. The van der Waals surface area contributed by atoms with Crippen LogP contribution < -0.4 is 4.90 Å². The molecule has 1 amide bonds. The lowest BCUT2D eigenvalue weighted by atomic mass is 10.2. The lowest BCUT2D eigenvalue weighted by molar-refractivity contribution is -0.131. The Morgan fingerprint density at radius 3 is 2.62 bits per heavy atom. The van der Waals surface area contributed by atoms with Crippen LogP contribution in [0.2, 0.25) is 0 Å². The second-order valence-electron chi connectivity index (χ2n) is 6.90. The Morgan fingerprint density at radius 1 is 1.14 bits per heavy atom. The van der Waals surface area contributed by atoms with Gasteiger partial charge in [0, 0.05) is 58.0 Å². The van der Waals surface area contributed by atoms with Crippen LogP contribution in [-0.4, -0.2) is 66.9 Å². The van der Waals surface area contributed by atoms with Crippen LogP contribution in [0.25, 0.3) is 11.6 Å². The maximum absolute atomic E-state index is 12.6. The van der Waals surface area contributed by atoms with Gasteiger partial charge in [0.25, 0.3) is 5.89 Å². The van der Waals surface area contributed by atoms with Gasteiger partial charge in [-0.25, -0.2) is 9.97 Å². The minimum atomic E-state index is 0.0906. The summed E-state index contributed by atoms with van der Waals surface area (Å²) in [5, 5.41) is 12.6. The van der Waals surface area contributed by atoms with Gasteiger partial charge >= 0.3 is 0 Å². The highest BCUT2D eigenvalue weighted by Gasteiger charge is 2.23. The van der Waals surface area contributed by atoms with E-state index in [9.17, 15) is 4.79 Å². The fourth-order valence-electron chi connectivity index (χ4n) is 3.40. The van der Waals surface area contributed by atoms with Crippen molar-refractivity contribution in [2.45, 2.75) is 33.2 Å². The maximum Gasteiger partial charge on any atom is 0.265 e. The molecule has 10 heteroatoms. The quantitative estimate of drug-likeness (QED) is 0.614. The number of nitrogens with zero attached hydrogens (tertiary/aromatic N) is 8. The Hall–Kier alpha value is -3.30. The molecule has 3 aromatic heterocycles. The molecule has 1 aliphatic heterocycles. The van der Waals surface area contributed by atoms with Crippen molar-refractivity contribution in [2.24, 2.45) is 0 Å². The molecule has 0 bridgehead atoms. The molecule has 0 atom stereocenters. The number of anilines is 1. The van der Waals surface area contributed by atoms with Gasteiger partial charge in [0.1, 0.15) is 5.69 Å². The molecule has 1 saturated heterocycles. The number of hydrogen-bond acceptors (Lipinski definition) is 8. The number of piperazine rings is 1. The van der Waals surface area contributed by atoms with E-state index in [4.69, 9.17) is 4.42 Å². The van der Waals surface area contributed by atoms with E-state index in [1.165, 1.54) is 0 Å². The molecule has 29 heavy (non-hydrogen) atoms. The molecule has 1 fully saturated rings. The van der Waals surface area contributed by atoms with Crippen molar-refractivity contribution in [3.05, 3.63) is 36.1 Å². The summed E-state index contributed by atoms with van der Waals surface area (Å²) in [4.78, 5) is 25.1. The number of rotatable bonds is 6. The Morgan fingerprint density at radius 2 is 1.90 bits per heavy atom. The Labute approximate surface area is 168 Å². The van der Waals surface area contributed by atoms with Gasteiger partial charge in [0.15, 0.2) is 0 Å². The monoisotopic (exact) mass is 396 g/mol. The summed E-state index contributed by atoms with van der Waals surface area (Å²) in [5.41, 5.74) is 1.70. The SMILES string of the molecule is CCn1nc(C)cc1-c1nnc(CCC(=O)N2CCN(c3ncccn3)CC2)o1. The normalized spacial score (nSPS) is 14.4. The van der Waals surface area contributed by atoms with Gasteiger partial charge in [-0.2, -0.15) is 5.10 Å². The number of amides is 1. The van der Waals surface area contributed by atoms with Gasteiger partial charge in [-0.3, -0.25) is 9.48 Å². The highest BCUT2D eigenvalue weighted by molar-refractivity contribution is 5.76. The van der Waals surface area contributed by atoms with Crippen molar-refractivity contribution in [1.29, 1.82) is 0 Å². The van der Waals surface area contributed by atoms with Gasteiger partial charge < -0.3 is 14.2 Å². The molecule has 0 radical (unpaired) electrons. The van der Waals surface area contributed by atoms with E-state index >= 15 is 0 Å². The maximum atomic E-state index is 12.6. The second-order valence-corrected chi connectivity index (χ2v) is 6.90. The zero-order chi connectivity index (χ0) is 20.2. The summed E-state index contributed by atoms with van der Waals surface area (Å²) in [6.45, 7) is 7.41. The highest BCUT2D eigenvalue weighted by Crippen LogP contribution is 2.20. The summed E-state index contributed by atoms with van der Waals surface area (Å²) in [5.74, 6) is 1.70. The standard InChI is InChI=1S/C19H24N8O2/c1-3-27-15(13-14(2)24-27)18-23-22-16(29-18)5-6-17(28)25-9-11-26(12-10-25)19-20-7-4-8-21-19/h4,7-8,13H,3,5-6,9-12H2,1-2H3. The fourth-order valence-corrected chi connectivity index (χ4v) is 3.40. The van der Waals surface area contributed by atoms with Crippen molar-refractivity contribution < 1.29 is 9.21 Å². The van der Waals surface area contributed by atoms with E-state index in [1.54, 1.807) is 18.5 Å². The van der Waals surface area contributed by atoms with Gasteiger partial charge in [-0.1, -0.05) is 0 Å². The predicted octanol–water partition coefficient (Wildman–Crippen LogP) is 1.33. The summed E-state index contributed by atoms with van der Waals surface area (Å²) in [6, 6.07) is 3.71. The largest absolute Gasteiger partial charge is 0.419 e. The molecule has 10 nitrogen and oxygen atoms in total. The zero-order valence-corrected chi connectivity index (χ0v) is 16.7. The molecule has 1 aliphatic rings. The van der Waals surface area contributed by atoms with Crippen molar-refractivity contribution in [1.82, 2.24) is 34.8 Å². The Balaban J connectivity index is 1.30. The second kappa shape index (κ2) is 8.38. The summed E-state index contributed by atoms with van der Waals surface area (Å²) in [6.07, 6.45) is 4.23. The van der Waals surface area contributed by atoms with Crippen molar-refractivity contribution in [3.8, 4) is 11.6 Å². The van der Waals surface area contributed by atoms with Crippen molar-refractivity contribution in [3.63, 3.8) is 0 Å². The molecule has 0 aliphatic carbocycles. The highest BCUT2D eigenvalue weighted by atomic mass is 16.4. The number of carbonyl (C=O) groups excluding carboxylic acids is 1. The number of aryl methyl sites for hydroxylation is 3. The van der Waals surface area contributed by atoms with E-state index in [1.807, 2.05) is 29.5 Å². The molecule has 0 saturated carbocycles. The molecule has 0 aromatic carbocycles. The van der Waals surface area contributed by atoms with Crippen LogP contribution >= 0.6 is 0 Å². The lowest BCUT2D eigenvalue weighted by Gasteiger charge is -2.34. The van der Waals surface area contributed by atoms with Gasteiger partial charge in [-0.05, 0) is 26.0 Å². The summed E-state index contributed by atoms with van der Waals surface area (Å²) in [7, 11) is 0. The summed E-state index contributed by atoms with van der Waals surface area (Å²) >= 11 is 0.